The fourth-order valence-electron chi connectivity index (χ4n) is 4.57. The van der Waals surface area contributed by atoms with Gasteiger partial charge in [-0.1, -0.05) is 32.1 Å². The van der Waals surface area contributed by atoms with E-state index in [0.29, 0.717) is 51.3 Å². The quantitative estimate of drug-likeness (QED) is 0.110. The highest BCUT2D eigenvalue weighted by Crippen LogP contribution is 2.30. The van der Waals surface area contributed by atoms with Crippen molar-refractivity contribution in [3.05, 3.63) is 40.3 Å². The lowest BCUT2D eigenvalue weighted by Gasteiger charge is -2.18. The number of nitrogens with two attached hydrogens (primary N) is 1. The third-order valence-electron chi connectivity index (χ3n) is 7.08. The van der Waals surface area contributed by atoms with Gasteiger partial charge in [0.2, 0.25) is 17.7 Å². The number of amidine groups is 1. The molecule has 1 aliphatic rings. The monoisotopic (exact) mass is 565 g/mol. The van der Waals surface area contributed by atoms with Crippen LogP contribution in [0.15, 0.2) is 18.5 Å². The van der Waals surface area contributed by atoms with Crippen LogP contribution in [0.4, 0.5) is 15.8 Å². The van der Waals surface area contributed by atoms with Crippen molar-refractivity contribution in [1.82, 2.24) is 20.9 Å². The molecule has 0 aliphatic carbocycles. The molecule has 0 saturated carbocycles. The Bertz CT molecular complexity index is 1410. The number of aromatic nitrogens is 1. The standard InChI is InChI=1S/C30H40FN7O3/c1-19-22(16-35-18-24(19)32)21-14-20(23-17-37-30(23)29(21)31)15-25(33)38-28(41)12-13-36-27(40)11-9-7-5-3-4-6-8-10-26(39)34-2/h14-18,37H,3-13,32H2,1-2H3,(H,34,39)(H,36,40)(H2,33,38,41). The molecule has 41 heavy (non-hydrogen) atoms. The number of amides is 3. The number of nitrogens with one attached hydrogen (secondary N) is 5. The molecule has 0 saturated heterocycles. The highest BCUT2D eigenvalue weighted by molar-refractivity contribution is 6.13. The second-order valence-electron chi connectivity index (χ2n) is 10.2. The number of nitrogen functional groups attached to an aromatic ring is 1. The zero-order valence-corrected chi connectivity index (χ0v) is 23.8. The van der Waals surface area contributed by atoms with Crippen molar-refractivity contribution >= 4 is 47.2 Å². The Kier molecular flexibility index (Phi) is 11.8. The number of benzene rings is 1. The highest BCUT2D eigenvalue weighted by Gasteiger charge is 2.19. The van der Waals surface area contributed by atoms with Gasteiger partial charge in [0.25, 0.3) is 0 Å². The van der Waals surface area contributed by atoms with Gasteiger partial charge in [0.1, 0.15) is 5.84 Å². The smallest absolute Gasteiger partial charge is 0.227 e. The van der Waals surface area contributed by atoms with Gasteiger partial charge in [-0.15, -0.1) is 0 Å². The predicted molar refractivity (Wildman–Crippen MR) is 160 cm³/mol. The van der Waals surface area contributed by atoms with E-state index in [1.54, 1.807) is 32.4 Å². The first-order chi connectivity index (χ1) is 19.7. The first kappa shape index (κ1) is 31.3. The lowest BCUT2D eigenvalue weighted by molar-refractivity contribution is -0.122. The van der Waals surface area contributed by atoms with Gasteiger partial charge in [-0.3, -0.25) is 24.8 Å². The van der Waals surface area contributed by atoms with E-state index in [1.807, 2.05) is 0 Å². The minimum Gasteiger partial charge on any atom is -0.397 e. The predicted octanol–water partition coefficient (Wildman–Crippen LogP) is 2.58. The normalized spacial score (nSPS) is 11.9. The lowest BCUT2D eigenvalue weighted by atomic mass is 9.97. The molecule has 0 spiro atoms. The summed E-state index contributed by atoms with van der Waals surface area (Å²) in [7, 11) is 1.65. The molecule has 3 rings (SSSR count). The highest BCUT2D eigenvalue weighted by atomic mass is 19.1. The van der Waals surface area contributed by atoms with Crippen molar-refractivity contribution in [3.8, 4) is 11.1 Å². The topological polar surface area (TPSA) is 162 Å². The van der Waals surface area contributed by atoms with Gasteiger partial charge in [-0.05, 0) is 42.7 Å². The minimum atomic E-state index is -0.434. The molecule has 1 aromatic heterocycles. The summed E-state index contributed by atoms with van der Waals surface area (Å²) in [5, 5.41) is 20.1. The molecule has 0 atom stereocenters. The average Bonchev–Trinajstić information content (AvgIpc) is 2.90. The summed E-state index contributed by atoms with van der Waals surface area (Å²) in [6, 6.07) is 1.61. The Labute approximate surface area is 239 Å². The van der Waals surface area contributed by atoms with Crippen molar-refractivity contribution in [3.63, 3.8) is 0 Å². The van der Waals surface area contributed by atoms with Gasteiger partial charge in [0.05, 0.1) is 17.6 Å². The molecule has 220 valence electrons. The average molecular weight is 566 g/mol. The number of anilines is 2. The number of carbonyl (C=O) groups is 3. The molecular weight excluding hydrogens is 525 g/mol. The summed E-state index contributed by atoms with van der Waals surface area (Å²) >= 11 is 0. The van der Waals surface area contributed by atoms with E-state index in [9.17, 15) is 14.4 Å². The first-order valence-corrected chi connectivity index (χ1v) is 14.1. The Morgan fingerprint density at radius 3 is 2.27 bits per heavy atom. The summed E-state index contributed by atoms with van der Waals surface area (Å²) in [5.74, 6) is -0.996. The van der Waals surface area contributed by atoms with Gasteiger partial charge in [0.15, 0.2) is 5.82 Å². The number of rotatable bonds is 15. The van der Waals surface area contributed by atoms with E-state index in [0.717, 1.165) is 44.9 Å². The summed E-state index contributed by atoms with van der Waals surface area (Å²) in [6.45, 7) is 1.97. The van der Waals surface area contributed by atoms with Crippen LogP contribution in [0.3, 0.4) is 0 Å². The SMILES string of the molecule is CNC(=O)CCCCCCCCCC(=O)NCCC(=O)NC(=N)C=c1cc(-c2cncc(N)c2C)c(F)c2c1=CN2. The van der Waals surface area contributed by atoms with Crippen LogP contribution in [0.5, 0.6) is 0 Å². The fraction of sp³-hybridized carbons (Fsp3) is 0.433. The molecular formula is C30H40FN7O3. The van der Waals surface area contributed by atoms with Crippen LogP contribution in [-0.4, -0.2) is 42.1 Å². The Hall–Kier alpha value is -4.28. The van der Waals surface area contributed by atoms with Crippen molar-refractivity contribution in [2.24, 2.45) is 0 Å². The van der Waals surface area contributed by atoms with Gasteiger partial charge in [-0.25, -0.2) is 4.39 Å². The van der Waals surface area contributed by atoms with Crippen molar-refractivity contribution in [1.29, 1.82) is 5.41 Å². The van der Waals surface area contributed by atoms with Gasteiger partial charge >= 0.3 is 0 Å². The molecule has 0 unspecified atom stereocenters. The molecule has 1 aliphatic heterocycles. The molecule has 7 N–H and O–H groups in total. The molecule has 3 amide bonds. The fourth-order valence-corrected chi connectivity index (χ4v) is 4.57. The third-order valence-corrected chi connectivity index (χ3v) is 7.08. The second kappa shape index (κ2) is 15.5. The van der Waals surface area contributed by atoms with Gasteiger partial charge in [0, 0.05) is 61.6 Å². The van der Waals surface area contributed by atoms with Crippen LogP contribution in [0, 0.1) is 18.2 Å². The van der Waals surface area contributed by atoms with E-state index in [4.69, 9.17) is 11.1 Å². The summed E-state index contributed by atoms with van der Waals surface area (Å²) < 4.78 is 15.1. The molecule has 11 heteroatoms. The summed E-state index contributed by atoms with van der Waals surface area (Å²) in [4.78, 5) is 39.7. The van der Waals surface area contributed by atoms with Gasteiger partial charge in [-0.2, -0.15) is 0 Å². The maximum atomic E-state index is 15.1. The van der Waals surface area contributed by atoms with Crippen LogP contribution in [0.1, 0.15) is 69.8 Å². The zero-order chi connectivity index (χ0) is 29.8. The number of carbonyl (C=O) groups excluding carboxylic acids is 3. The molecule has 10 nitrogen and oxygen atoms in total. The van der Waals surface area contributed by atoms with Crippen molar-refractivity contribution in [2.45, 2.75) is 71.1 Å². The lowest BCUT2D eigenvalue weighted by Crippen LogP contribution is -2.39. The van der Waals surface area contributed by atoms with E-state index in [2.05, 4.69) is 26.3 Å². The molecule has 0 bridgehead atoms. The third kappa shape index (κ3) is 9.12. The molecule has 2 aromatic rings. The van der Waals surface area contributed by atoms with Gasteiger partial charge < -0.3 is 27.0 Å². The van der Waals surface area contributed by atoms with E-state index in [-0.39, 0.29) is 30.6 Å². The maximum Gasteiger partial charge on any atom is 0.227 e. The number of halogens is 1. The Morgan fingerprint density at radius 1 is 0.976 bits per heavy atom. The molecule has 0 fully saturated rings. The molecule has 1 aromatic carbocycles. The second-order valence-corrected chi connectivity index (χ2v) is 10.2. The maximum absolute atomic E-state index is 15.1. The largest absolute Gasteiger partial charge is 0.397 e. The van der Waals surface area contributed by atoms with E-state index >= 15 is 4.39 Å². The van der Waals surface area contributed by atoms with Crippen LogP contribution in [0.25, 0.3) is 23.4 Å². The Balaban J connectivity index is 1.40. The number of nitrogens with zero attached hydrogens (tertiary/aromatic N) is 1. The van der Waals surface area contributed by atoms with E-state index in [1.165, 1.54) is 12.3 Å². The first-order valence-electron chi connectivity index (χ1n) is 14.1. The van der Waals surface area contributed by atoms with Crippen molar-refractivity contribution < 1.29 is 18.8 Å². The number of fused-ring (bicyclic) bond motifs is 1. The zero-order valence-electron chi connectivity index (χ0n) is 23.8. The summed E-state index contributed by atoms with van der Waals surface area (Å²) in [5.41, 5.74) is 8.27. The van der Waals surface area contributed by atoms with Crippen LogP contribution in [-0.2, 0) is 14.4 Å². The number of pyridine rings is 1. The Morgan fingerprint density at radius 2 is 1.63 bits per heavy atom. The number of hydrogen-bond donors (Lipinski definition) is 6. The van der Waals surface area contributed by atoms with Crippen molar-refractivity contribution in [2.75, 3.05) is 24.6 Å². The van der Waals surface area contributed by atoms with Crippen LogP contribution >= 0.6 is 0 Å². The van der Waals surface area contributed by atoms with E-state index < -0.39 is 11.7 Å². The molecule has 2 heterocycles. The van der Waals surface area contributed by atoms with Crippen LogP contribution in [0.2, 0.25) is 0 Å². The number of unbranched alkanes of at least 4 members (excludes halogenated alkanes) is 6. The number of hydrogen-bond acceptors (Lipinski definition) is 7. The summed E-state index contributed by atoms with van der Waals surface area (Å²) in [6.07, 6.45) is 14.1. The minimum absolute atomic E-state index is 0.0344. The molecule has 0 radical (unpaired) electrons. The van der Waals surface area contributed by atoms with Crippen LogP contribution < -0.4 is 37.4 Å².